The first-order valence-corrected chi connectivity index (χ1v) is 8.68. The zero-order valence-electron chi connectivity index (χ0n) is 12.0. The molecule has 4 atom stereocenters. The van der Waals surface area contributed by atoms with Crippen LogP contribution in [0.5, 0.6) is 0 Å². The number of hydrogen-bond donors (Lipinski definition) is 1. The lowest BCUT2D eigenvalue weighted by Crippen LogP contribution is -2.30. The molecule has 2 rings (SSSR count). The van der Waals surface area contributed by atoms with Gasteiger partial charge in [-0.3, -0.25) is 4.21 Å². The highest BCUT2D eigenvalue weighted by Gasteiger charge is 2.25. The standard InChI is InChI=1S/C16H25NOS/c1-13-7-6-10-15(11-13)19(18)12-16(17-2)14-8-4-3-5-9-14/h3-5,8-9,13,15-17H,6-7,10-12H2,1-2H3. The van der Waals surface area contributed by atoms with E-state index in [0.717, 1.165) is 24.5 Å². The highest BCUT2D eigenvalue weighted by molar-refractivity contribution is 7.85. The Balaban J connectivity index is 1.96. The maximum absolute atomic E-state index is 12.6. The van der Waals surface area contributed by atoms with Crippen molar-refractivity contribution in [3.05, 3.63) is 35.9 Å². The van der Waals surface area contributed by atoms with Gasteiger partial charge in [0.2, 0.25) is 0 Å². The molecule has 2 nitrogen and oxygen atoms in total. The Bertz CT molecular complexity index is 406. The fourth-order valence-electron chi connectivity index (χ4n) is 2.95. The Labute approximate surface area is 119 Å². The van der Waals surface area contributed by atoms with Crippen molar-refractivity contribution in [2.75, 3.05) is 12.8 Å². The highest BCUT2D eigenvalue weighted by atomic mass is 32.2. The Hall–Kier alpha value is -0.670. The molecule has 0 aliphatic heterocycles. The van der Waals surface area contributed by atoms with Gasteiger partial charge in [-0.2, -0.15) is 0 Å². The first-order chi connectivity index (χ1) is 9.20. The van der Waals surface area contributed by atoms with E-state index in [1.807, 2.05) is 25.2 Å². The molecule has 0 radical (unpaired) electrons. The van der Waals surface area contributed by atoms with E-state index in [0.29, 0.717) is 5.25 Å². The summed E-state index contributed by atoms with van der Waals surface area (Å²) in [7, 11) is 1.24. The van der Waals surface area contributed by atoms with Gasteiger partial charge < -0.3 is 5.32 Å². The van der Waals surface area contributed by atoms with Crippen LogP contribution in [0.3, 0.4) is 0 Å². The van der Waals surface area contributed by atoms with Crippen molar-refractivity contribution >= 4 is 10.8 Å². The van der Waals surface area contributed by atoms with Gasteiger partial charge in [-0.1, -0.05) is 50.1 Å². The molecule has 19 heavy (non-hydrogen) atoms. The maximum Gasteiger partial charge on any atom is 0.0434 e. The number of nitrogens with one attached hydrogen (secondary N) is 1. The van der Waals surface area contributed by atoms with E-state index >= 15 is 0 Å². The van der Waals surface area contributed by atoms with Crippen molar-refractivity contribution in [1.29, 1.82) is 0 Å². The first kappa shape index (κ1) is 14.7. The van der Waals surface area contributed by atoms with Gasteiger partial charge in [-0.15, -0.1) is 0 Å². The van der Waals surface area contributed by atoms with E-state index in [9.17, 15) is 4.21 Å². The predicted octanol–water partition coefficient (Wildman–Crippen LogP) is 3.27. The lowest BCUT2D eigenvalue weighted by atomic mass is 9.91. The molecule has 3 heteroatoms. The van der Waals surface area contributed by atoms with E-state index < -0.39 is 10.8 Å². The topological polar surface area (TPSA) is 29.1 Å². The van der Waals surface area contributed by atoms with E-state index in [-0.39, 0.29) is 6.04 Å². The third kappa shape index (κ3) is 4.15. The molecular formula is C16H25NOS. The van der Waals surface area contributed by atoms with Gasteiger partial charge in [-0.25, -0.2) is 0 Å². The van der Waals surface area contributed by atoms with Crippen molar-refractivity contribution in [3.63, 3.8) is 0 Å². The van der Waals surface area contributed by atoms with E-state index in [4.69, 9.17) is 0 Å². The molecule has 1 aliphatic carbocycles. The average molecular weight is 279 g/mol. The van der Waals surface area contributed by atoms with Crippen molar-refractivity contribution in [1.82, 2.24) is 5.32 Å². The lowest BCUT2D eigenvalue weighted by molar-refractivity contribution is 0.388. The second kappa shape index (κ2) is 7.20. The second-order valence-electron chi connectivity index (χ2n) is 5.69. The summed E-state index contributed by atoms with van der Waals surface area (Å²) in [6.45, 7) is 2.29. The molecule has 1 aliphatic rings. The minimum atomic E-state index is -0.720. The normalized spacial score (nSPS) is 26.8. The summed E-state index contributed by atoms with van der Waals surface area (Å²) >= 11 is 0. The minimum absolute atomic E-state index is 0.208. The predicted molar refractivity (Wildman–Crippen MR) is 82.7 cm³/mol. The Morgan fingerprint density at radius 1 is 1.32 bits per heavy atom. The summed E-state index contributed by atoms with van der Waals surface area (Å²) in [4.78, 5) is 0. The van der Waals surface area contributed by atoms with Crippen LogP contribution in [0.2, 0.25) is 0 Å². The number of rotatable bonds is 5. The molecule has 0 saturated heterocycles. The smallest absolute Gasteiger partial charge is 0.0434 e. The van der Waals surface area contributed by atoms with E-state index in [2.05, 4.69) is 24.4 Å². The fourth-order valence-corrected chi connectivity index (χ4v) is 4.88. The number of benzene rings is 1. The summed E-state index contributed by atoms with van der Waals surface area (Å²) < 4.78 is 12.6. The lowest BCUT2D eigenvalue weighted by Gasteiger charge is -2.27. The molecule has 1 aromatic carbocycles. The molecule has 0 bridgehead atoms. The summed E-state index contributed by atoms with van der Waals surface area (Å²) in [6, 6.07) is 10.6. The van der Waals surface area contributed by atoms with Gasteiger partial charge in [-0.05, 0) is 31.4 Å². The van der Waals surface area contributed by atoms with Crippen LogP contribution >= 0.6 is 0 Å². The third-order valence-electron chi connectivity index (χ3n) is 4.14. The van der Waals surface area contributed by atoms with Crippen molar-refractivity contribution in [2.45, 2.75) is 43.9 Å². The van der Waals surface area contributed by atoms with E-state index in [1.54, 1.807) is 0 Å². The quantitative estimate of drug-likeness (QED) is 0.896. The zero-order chi connectivity index (χ0) is 13.7. The van der Waals surface area contributed by atoms with Gasteiger partial charge in [0.15, 0.2) is 0 Å². The highest BCUT2D eigenvalue weighted by Crippen LogP contribution is 2.28. The molecular weight excluding hydrogens is 254 g/mol. The fraction of sp³-hybridized carbons (Fsp3) is 0.625. The van der Waals surface area contributed by atoms with Gasteiger partial charge in [0.05, 0.1) is 0 Å². The first-order valence-electron chi connectivity index (χ1n) is 7.30. The van der Waals surface area contributed by atoms with Crippen LogP contribution in [0.1, 0.15) is 44.2 Å². The van der Waals surface area contributed by atoms with Gasteiger partial charge in [0.25, 0.3) is 0 Å². The van der Waals surface area contributed by atoms with Crippen LogP contribution in [0, 0.1) is 5.92 Å². The van der Waals surface area contributed by atoms with Crippen LogP contribution in [0.4, 0.5) is 0 Å². The van der Waals surface area contributed by atoms with Crippen molar-refractivity contribution in [2.24, 2.45) is 5.92 Å². The van der Waals surface area contributed by atoms with Gasteiger partial charge in [0, 0.05) is 27.8 Å². The molecule has 0 spiro atoms. The van der Waals surface area contributed by atoms with Crippen LogP contribution in [0.25, 0.3) is 0 Å². The van der Waals surface area contributed by atoms with Crippen LogP contribution in [-0.4, -0.2) is 22.3 Å². The molecule has 1 fully saturated rings. The Kier molecular flexibility index (Phi) is 5.59. The second-order valence-corrected chi connectivity index (χ2v) is 7.45. The molecule has 1 saturated carbocycles. The summed E-state index contributed by atoms with van der Waals surface area (Å²) in [6.07, 6.45) is 4.83. The SMILES string of the molecule is CNC(CS(=O)C1CCCC(C)C1)c1ccccc1. The Morgan fingerprint density at radius 3 is 2.68 bits per heavy atom. The monoisotopic (exact) mass is 279 g/mol. The third-order valence-corrected chi connectivity index (χ3v) is 5.97. The molecule has 1 aromatic rings. The zero-order valence-corrected chi connectivity index (χ0v) is 12.8. The molecule has 106 valence electrons. The molecule has 0 amide bonds. The summed E-state index contributed by atoms with van der Waals surface area (Å²) in [5.74, 6) is 1.48. The van der Waals surface area contributed by atoms with E-state index in [1.165, 1.54) is 18.4 Å². The maximum atomic E-state index is 12.6. The molecule has 0 heterocycles. The largest absolute Gasteiger partial charge is 0.312 e. The Morgan fingerprint density at radius 2 is 2.05 bits per heavy atom. The van der Waals surface area contributed by atoms with Gasteiger partial charge in [0.1, 0.15) is 0 Å². The van der Waals surface area contributed by atoms with Crippen LogP contribution in [0.15, 0.2) is 30.3 Å². The van der Waals surface area contributed by atoms with Crippen LogP contribution in [-0.2, 0) is 10.8 Å². The van der Waals surface area contributed by atoms with Gasteiger partial charge >= 0.3 is 0 Å². The average Bonchev–Trinajstić information content (AvgIpc) is 2.45. The van der Waals surface area contributed by atoms with Crippen molar-refractivity contribution in [3.8, 4) is 0 Å². The molecule has 4 unspecified atom stereocenters. The van der Waals surface area contributed by atoms with Crippen molar-refractivity contribution < 1.29 is 4.21 Å². The molecule has 0 aromatic heterocycles. The minimum Gasteiger partial charge on any atom is -0.312 e. The number of hydrogen-bond acceptors (Lipinski definition) is 2. The summed E-state index contributed by atoms with van der Waals surface area (Å²) in [5.41, 5.74) is 1.24. The van der Waals surface area contributed by atoms with Crippen LogP contribution < -0.4 is 5.32 Å². The summed E-state index contributed by atoms with van der Waals surface area (Å²) in [5, 5.41) is 3.71. The molecule has 1 N–H and O–H groups in total.